The summed E-state index contributed by atoms with van der Waals surface area (Å²) in [5.74, 6) is -0.174. The molecule has 1 N–H and O–H groups in total. The zero-order chi connectivity index (χ0) is 15.5. The number of alkyl halides is 1. The van der Waals surface area contributed by atoms with E-state index >= 15 is 0 Å². The summed E-state index contributed by atoms with van der Waals surface area (Å²) in [5, 5.41) is 10.2. The highest BCUT2D eigenvalue weighted by molar-refractivity contribution is 9.10. The van der Waals surface area contributed by atoms with Crippen molar-refractivity contribution in [3.63, 3.8) is 0 Å². The van der Waals surface area contributed by atoms with Crippen molar-refractivity contribution in [2.24, 2.45) is 0 Å². The van der Waals surface area contributed by atoms with E-state index in [0.29, 0.717) is 22.2 Å². The number of hydrogen-bond acceptors (Lipinski definition) is 3. The van der Waals surface area contributed by atoms with Gasteiger partial charge in [0, 0.05) is 23.1 Å². The topological polar surface area (TPSA) is 46.5 Å². The van der Waals surface area contributed by atoms with E-state index < -0.39 is 4.51 Å². The summed E-state index contributed by atoms with van der Waals surface area (Å²) < 4.78 is 5.64. The van der Waals surface area contributed by atoms with Gasteiger partial charge in [0.1, 0.15) is 10.3 Å². The first-order valence-electron chi connectivity index (χ1n) is 6.70. The second-order valence-electron chi connectivity index (χ2n) is 4.81. The van der Waals surface area contributed by atoms with Crippen molar-refractivity contribution in [3.8, 4) is 0 Å². The minimum absolute atomic E-state index is 0.0335. The molecule has 0 saturated heterocycles. The third-order valence-electron chi connectivity index (χ3n) is 3.13. The number of hydrogen-bond donors (Lipinski definition) is 1. The van der Waals surface area contributed by atoms with Gasteiger partial charge in [-0.05, 0) is 46.6 Å². The van der Waals surface area contributed by atoms with Gasteiger partial charge in [0.25, 0.3) is 0 Å². The zero-order valence-electron chi connectivity index (χ0n) is 11.6. The fourth-order valence-corrected chi connectivity index (χ4v) is 3.08. The number of ketones is 1. The summed E-state index contributed by atoms with van der Waals surface area (Å²) in [4.78, 5) is 12.5. The molecule has 1 atom stereocenters. The third kappa shape index (κ3) is 3.84. The van der Waals surface area contributed by atoms with Crippen LogP contribution in [0.4, 0.5) is 0 Å². The summed E-state index contributed by atoms with van der Waals surface area (Å²) in [7, 11) is 0. The molecule has 0 saturated carbocycles. The second kappa shape index (κ2) is 6.90. The Hall–Kier alpha value is -0.910. The number of ether oxygens (including phenoxy) is 1. The molecule has 2 rings (SSSR count). The van der Waals surface area contributed by atoms with E-state index in [1.807, 2.05) is 13.0 Å². The lowest BCUT2D eigenvalue weighted by atomic mass is 9.95. The molecular formula is C16H16Br2O3. The van der Waals surface area contributed by atoms with Crippen LogP contribution in [0.25, 0.3) is 0 Å². The largest absolute Gasteiger partial charge is 0.511 e. The molecule has 0 bridgehead atoms. The number of carbonyl (C=O) groups excluding carboxylic acids is 1. The molecule has 0 fully saturated rings. The van der Waals surface area contributed by atoms with Crippen LogP contribution < -0.4 is 0 Å². The molecule has 0 amide bonds. The maximum Gasteiger partial charge on any atom is 0.197 e. The quantitative estimate of drug-likeness (QED) is 0.548. The van der Waals surface area contributed by atoms with E-state index in [9.17, 15) is 9.90 Å². The minimum Gasteiger partial charge on any atom is -0.511 e. The standard InChI is InChI=1S/C16H16Br2O3/c1-2-9-21-16(18)8-7-12(14(19)10-16)15(20)11-5-3-4-6-13(11)17/h3-8,19H,2,9-10H2,1H3. The van der Waals surface area contributed by atoms with Crippen LogP contribution in [0.15, 0.2) is 52.2 Å². The second-order valence-corrected chi connectivity index (χ2v) is 7.01. The van der Waals surface area contributed by atoms with Crippen molar-refractivity contribution >= 4 is 37.6 Å². The number of allylic oxidation sites excluding steroid dienone is 2. The van der Waals surface area contributed by atoms with Gasteiger partial charge in [-0.1, -0.05) is 35.0 Å². The summed E-state index contributed by atoms with van der Waals surface area (Å²) in [6.07, 6.45) is 4.50. The monoisotopic (exact) mass is 414 g/mol. The van der Waals surface area contributed by atoms with Crippen LogP contribution in [0.2, 0.25) is 0 Å². The molecule has 1 aromatic rings. The van der Waals surface area contributed by atoms with Crippen molar-refractivity contribution in [1.82, 2.24) is 0 Å². The van der Waals surface area contributed by atoms with Gasteiger partial charge >= 0.3 is 0 Å². The molecule has 1 aliphatic carbocycles. The summed E-state index contributed by atoms with van der Waals surface area (Å²) in [6.45, 7) is 2.59. The Morgan fingerprint density at radius 2 is 2.14 bits per heavy atom. The lowest BCUT2D eigenvalue weighted by molar-refractivity contribution is 0.0564. The molecule has 21 heavy (non-hydrogen) atoms. The Balaban J connectivity index is 2.23. The van der Waals surface area contributed by atoms with Crippen LogP contribution in [0, 0.1) is 0 Å². The summed E-state index contributed by atoms with van der Waals surface area (Å²) >= 11 is 6.82. The van der Waals surface area contributed by atoms with Crippen LogP contribution in [0.1, 0.15) is 30.1 Å². The Bertz CT molecular complexity index is 607. The lowest BCUT2D eigenvalue weighted by Gasteiger charge is -2.27. The number of benzene rings is 1. The van der Waals surface area contributed by atoms with E-state index in [2.05, 4.69) is 31.9 Å². The first-order valence-corrected chi connectivity index (χ1v) is 8.29. The molecule has 112 valence electrons. The van der Waals surface area contributed by atoms with Crippen molar-refractivity contribution in [2.45, 2.75) is 24.3 Å². The third-order valence-corrected chi connectivity index (χ3v) is 4.59. The van der Waals surface area contributed by atoms with Crippen LogP contribution in [0.3, 0.4) is 0 Å². The normalized spacial score (nSPS) is 21.7. The number of carbonyl (C=O) groups is 1. The van der Waals surface area contributed by atoms with Gasteiger partial charge in [-0.2, -0.15) is 0 Å². The maximum absolute atomic E-state index is 12.5. The van der Waals surface area contributed by atoms with Crippen molar-refractivity contribution in [1.29, 1.82) is 0 Å². The van der Waals surface area contributed by atoms with Crippen LogP contribution in [0.5, 0.6) is 0 Å². The SMILES string of the molecule is CCCOC1(Br)C=CC(C(=O)c2ccccc2Br)=C(O)C1. The minimum atomic E-state index is -0.731. The molecule has 0 radical (unpaired) electrons. The zero-order valence-corrected chi connectivity index (χ0v) is 14.8. The molecular weight excluding hydrogens is 400 g/mol. The van der Waals surface area contributed by atoms with Gasteiger partial charge in [-0.3, -0.25) is 4.79 Å². The van der Waals surface area contributed by atoms with E-state index in [1.54, 1.807) is 30.4 Å². The Kier molecular flexibility index (Phi) is 5.41. The molecule has 1 aliphatic rings. The van der Waals surface area contributed by atoms with E-state index in [0.717, 1.165) is 6.42 Å². The number of rotatable bonds is 5. The summed E-state index contributed by atoms with van der Waals surface area (Å²) in [5.41, 5.74) is 0.831. The molecule has 1 unspecified atom stereocenters. The van der Waals surface area contributed by atoms with Gasteiger partial charge in [0.05, 0.1) is 5.57 Å². The highest BCUT2D eigenvalue weighted by Gasteiger charge is 2.32. The Morgan fingerprint density at radius 3 is 2.76 bits per heavy atom. The maximum atomic E-state index is 12.5. The van der Waals surface area contributed by atoms with Crippen molar-refractivity contribution in [3.05, 3.63) is 57.8 Å². The van der Waals surface area contributed by atoms with Crippen LogP contribution in [-0.2, 0) is 4.74 Å². The van der Waals surface area contributed by atoms with Crippen molar-refractivity contribution in [2.75, 3.05) is 6.61 Å². The van der Waals surface area contributed by atoms with Crippen molar-refractivity contribution < 1.29 is 14.6 Å². The molecule has 1 aromatic carbocycles. The van der Waals surface area contributed by atoms with Gasteiger partial charge < -0.3 is 9.84 Å². The van der Waals surface area contributed by atoms with Crippen LogP contribution in [-0.4, -0.2) is 22.0 Å². The number of halogens is 2. The van der Waals surface area contributed by atoms with Gasteiger partial charge in [-0.15, -0.1) is 0 Å². The van der Waals surface area contributed by atoms with Crippen LogP contribution >= 0.6 is 31.9 Å². The van der Waals surface area contributed by atoms with Gasteiger partial charge in [-0.25, -0.2) is 0 Å². The molecule has 0 spiro atoms. The number of aliphatic hydroxyl groups is 1. The first kappa shape index (κ1) is 16.5. The predicted molar refractivity (Wildman–Crippen MR) is 89.8 cm³/mol. The lowest BCUT2D eigenvalue weighted by Crippen LogP contribution is -2.27. The highest BCUT2D eigenvalue weighted by Crippen LogP contribution is 2.36. The molecule has 0 heterocycles. The summed E-state index contributed by atoms with van der Waals surface area (Å²) in [6, 6.07) is 7.16. The Labute approximate surface area is 141 Å². The number of aliphatic hydroxyl groups excluding tert-OH is 1. The molecule has 0 aliphatic heterocycles. The highest BCUT2D eigenvalue weighted by atomic mass is 79.9. The smallest absolute Gasteiger partial charge is 0.197 e. The first-order chi connectivity index (χ1) is 9.97. The Morgan fingerprint density at radius 1 is 1.43 bits per heavy atom. The fraction of sp³-hybridized carbons (Fsp3) is 0.312. The molecule has 0 aromatic heterocycles. The van der Waals surface area contributed by atoms with Gasteiger partial charge in [0.15, 0.2) is 5.78 Å². The average molecular weight is 416 g/mol. The fourth-order valence-electron chi connectivity index (χ4n) is 2.05. The average Bonchev–Trinajstić information content (AvgIpc) is 2.45. The molecule has 5 heteroatoms. The molecule has 3 nitrogen and oxygen atoms in total. The predicted octanol–water partition coefficient (Wildman–Crippen LogP) is 4.92. The van der Waals surface area contributed by atoms with Gasteiger partial charge in [0.2, 0.25) is 0 Å². The van der Waals surface area contributed by atoms with E-state index in [1.165, 1.54) is 0 Å². The number of Topliss-reactive ketones (excluding diaryl/α,β-unsaturated/α-hetero) is 1. The van der Waals surface area contributed by atoms with E-state index in [-0.39, 0.29) is 18.0 Å². The van der Waals surface area contributed by atoms with E-state index in [4.69, 9.17) is 4.74 Å².